The number of nitrogens with zero attached hydrogens (tertiary/aromatic N) is 2. The molecule has 1 saturated heterocycles. The van der Waals surface area contributed by atoms with Gasteiger partial charge >= 0.3 is 0 Å². The van der Waals surface area contributed by atoms with Crippen LogP contribution in [0.2, 0.25) is 0 Å². The zero-order valence-corrected chi connectivity index (χ0v) is 12.6. The first-order valence-electron chi connectivity index (χ1n) is 7.46. The molecule has 0 aromatic carbocycles. The highest BCUT2D eigenvalue weighted by atomic mass is 16.5. The van der Waals surface area contributed by atoms with Gasteiger partial charge in [0.1, 0.15) is 0 Å². The van der Waals surface area contributed by atoms with E-state index in [9.17, 15) is 0 Å². The molecular formula is C16H26N2O. The molecule has 19 heavy (non-hydrogen) atoms. The predicted molar refractivity (Wildman–Crippen MR) is 78.4 cm³/mol. The summed E-state index contributed by atoms with van der Waals surface area (Å²) in [6.45, 7) is 9.81. The second kappa shape index (κ2) is 6.38. The smallest absolute Gasteiger partial charge is 0.213 e. The van der Waals surface area contributed by atoms with Gasteiger partial charge in [-0.2, -0.15) is 0 Å². The lowest BCUT2D eigenvalue weighted by molar-refractivity contribution is 0.111. The standard InChI is InChI=1S/C16H26N2O/c1-12(2)18-10-6-5-7-15(18)14-8-9-16(17-11-14)19-13(3)4/h8-9,11-13,15H,5-7,10H2,1-4H3/t15-/m0/s1. The fraction of sp³-hybridized carbons (Fsp3) is 0.688. The zero-order valence-electron chi connectivity index (χ0n) is 12.6. The average molecular weight is 262 g/mol. The fourth-order valence-corrected chi connectivity index (χ4v) is 2.83. The predicted octanol–water partition coefficient (Wildman–Crippen LogP) is 3.80. The highest BCUT2D eigenvalue weighted by Gasteiger charge is 2.25. The van der Waals surface area contributed by atoms with Gasteiger partial charge in [0, 0.05) is 24.3 Å². The van der Waals surface area contributed by atoms with Crippen LogP contribution in [0.25, 0.3) is 0 Å². The molecule has 0 radical (unpaired) electrons. The largest absolute Gasteiger partial charge is 0.475 e. The van der Waals surface area contributed by atoms with E-state index in [4.69, 9.17) is 4.74 Å². The summed E-state index contributed by atoms with van der Waals surface area (Å²) in [5.41, 5.74) is 1.32. The third-order valence-electron chi connectivity index (χ3n) is 3.71. The number of ether oxygens (including phenoxy) is 1. The first-order valence-corrected chi connectivity index (χ1v) is 7.46. The molecule has 3 nitrogen and oxygen atoms in total. The van der Waals surface area contributed by atoms with Crippen LogP contribution in [0.1, 0.15) is 58.6 Å². The summed E-state index contributed by atoms with van der Waals surface area (Å²) < 4.78 is 5.61. The Hall–Kier alpha value is -1.09. The molecule has 3 heteroatoms. The van der Waals surface area contributed by atoms with Crippen LogP contribution >= 0.6 is 0 Å². The van der Waals surface area contributed by atoms with Gasteiger partial charge in [-0.05, 0) is 52.6 Å². The number of hydrogen-bond donors (Lipinski definition) is 0. The molecule has 1 atom stereocenters. The Labute approximate surface area is 117 Å². The van der Waals surface area contributed by atoms with Crippen molar-refractivity contribution in [2.75, 3.05) is 6.54 Å². The van der Waals surface area contributed by atoms with Gasteiger partial charge in [-0.1, -0.05) is 12.5 Å². The maximum absolute atomic E-state index is 5.61. The molecule has 0 unspecified atom stereocenters. The van der Waals surface area contributed by atoms with Gasteiger partial charge in [0.25, 0.3) is 0 Å². The molecule has 1 aromatic rings. The van der Waals surface area contributed by atoms with Crippen molar-refractivity contribution in [2.45, 2.75) is 65.1 Å². The quantitative estimate of drug-likeness (QED) is 0.825. The lowest BCUT2D eigenvalue weighted by Gasteiger charge is -2.38. The van der Waals surface area contributed by atoms with Gasteiger partial charge < -0.3 is 4.74 Å². The maximum atomic E-state index is 5.61. The van der Waals surface area contributed by atoms with E-state index < -0.39 is 0 Å². The number of hydrogen-bond acceptors (Lipinski definition) is 3. The second-order valence-electron chi connectivity index (χ2n) is 5.94. The minimum Gasteiger partial charge on any atom is -0.475 e. The van der Waals surface area contributed by atoms with Gasteiger partial charge in [0.2, 0.25) is 5.88 Å². The SMILES string of the molecule is CC(C)Oc1ccc([C@@H]2CCCCN2C(C)C)cn1. The second-order valence-corrected chi connectivity index (χ2v) is 5.94. The van der Waals surface area contributed by atoms with E-state index in [1.807, 2.05) is 26.1 Å². The maximum Gasteiger partial charge on any atom is 0.213 e. The van der Waals surface area contributed by atoms with Crippen molar-refractivity contribution < 1.29 is 4.74 Å². The molecule has 0 saturated carbocycles. The van der Waals surface area contributed by atoms with Crippen molar-refractivity contribution in [3.63, 3.8) is 0 Å². The van der Waals surface area contributed by atoms with Crippen molar-refractivity contribution in [3.05, 3.63) is 23.9 Å². The molecule has 2 heterocycles. The summed E-state index contributed by atoms with van der Waals surface area (Å²) in [6, 6.07) is 5.30. The van der Waals surface area contributed by atoms with Crippen LogP contribution in [0.4, 0.5) is 0 Å². The van der Waals surface area contributed by atoms with Gasteiger partial charge in [-0.3, -0.25) is 4.90 Å². The first kappa shape index (κ1) is 14.3. The lowest BCUT2D eigenvalue weighted by atomic mass is 9.95. The summed E-state index contributed by atoms with van der Waals surface area (Å²) >= 11 is 0. The van der Waals surface area contributed by atoms with E-state index in [0.717, 1.165) is 5.88 Å². The molecule has 0 aliphatic carbocycles. The van der Waals surface area contributed by atoms with E-state index >= 15 is 0 Å². The Kier molecular flexibility index (Phi) is 4.81. The normalized spacial score (nSPS) is 21.1. The Morgan fingerprint density at radius 3 is 2.58 bits per heavy atom. The molecule has 1 fully saturated rings. The average Bonchev–Trinajstić information content (AvgIpc) is 2.39. The molecule has 0 N–H and O–H groups in total. The van der Waals surface area contributed by atoms with Crippen LogP contribution in [0.5, 0.6) is 5.88 Å². The number of likely N-dealkylation sites (tertiary alicyclic amines) is 1. The van der Waals surface area contributed by atoms with Crippen LogP contribution in [0, 0.1) is 0 Å². The number of piperidine rings is 1. The van der Waals surface area contributed by atoms with Gasteiger partial charge in [0.15, 0.2) is 0 Å². The number of aromatic nitrogens is 1. The monoisotopic (exact) mass is 262 g/mol. The van der Waals surface area contributed by atoms with E-state index in [1.54, 1.807) is 0 Å². The van der Waals surface area contributed by atoms with Crippen molar-refractivity contribution in [3.8, 4) is 5.88 Å². The highest BCUT2D eigenvalue weighted by Crippen LogP contribution is 2.32. The minimum absolute atomic E-state index is 0.181. The third kappa shape index (κ3) is 3.69. The molecule has 2 rings (SSSR count). The fourth-order valence-electron chi connectivity index (χ4n) is 2.83. The van der Waals surface area contributed by atoms with Crippen LogP contribution in [0.3, 0.4) is 0 Å². The van der Waals surface area contributed by atoms with Gasteiger partial charge in [-0.25, -0.2) is 4.98 Å². The highest BCUT2D eigenvalue weighted by molar-refractivity contribution is 5.21. The van der Waals surface area contributed by atoms with Gasteiger partial charge in [0.05, 0.1) is 6.10 Å². The molecule has 0 bridgehead atoms. The summed E-state index contributed by atoms with van der Waals surface area (Å²) in [5.74, 6) is 0.727. The van der Waals surface area contributed by atoms with E-state index in [0.29, 0.717) is 12.1 Å². The van der Waals surface area contributed by atoms with Crippen molar-refractivity contribution >= 4 is 0 Å². The van der Waals surface area contributed by atoms with E-state index in [2.05, 4.69) is 29.8 Å². The summed E-state index contributed by atoms with van der Waals surface area (Å²) in [5, 5.41) is 0. The van der Waals surface area contributed by atoms with E-state index in [-0.39, 0.29) is 6.10 Å². The molecule has 1 aromatic heterocycles. The molecule has 0 amide bonds. The Morgan fingerprint density at radius 2 is 2.00 bits per heavy atom. The molecule has 1 aliphatic rings. The Bertz CT molecular complexity index is 386. The van der Waals surface area contributed by atoms with Crippen molar-refractivity contribution in [1.29, 1.82) is 0 Å². The molecule has 0 spiro atoms. The summed E-state index contributed by atoms with van der Waals surface area (Å²) in [7, 11) is 0. The van der Waals surface area contributed by atoms with Crippen molar-refractivity contribution in [1.82, 2.24) is 9.88 Å². The third-order valence-corrected chi connectivity index (χ3v) is 3.71. The lowest BCUT2D eigenvalue weighted by Crippen LogP contribution is -2.38. The van der Waals surface area contributed by atoms with Crippen LogP contribution in [0.15, 0.2) is 18.3 Å². The van der Waals surface area contributed by atoms with Gasteiger partial charge in [-0.15, -0.1) is 0 Å². The minimum atomic E-state index is 0.181. The van der Waals surface area contributed by atoms with E-state index in [1.165, 1.54) is 31.4 Å². The first-order chi connectivity index (χ1) is 9.08. The Balaban J connectivity index is 2.11. The molecule has 1 aliphatic heterocycles. The number of rotatable bonds is 4. The molecule has 106 valence electrons. The van der Waals surface area contributed by atoms with Crippen LogP contribution < -0.4 is 4.74 Å². The zero-order chi connectivity index (χ0) is 13.8. The Morgan fingerprint density at radius 1 is 1.21 bits per heavy atom. The van der Waals surface area contributed by atoms with Crippen LogP contribution in [-0.4, -0.2) is 28.6 Å². The number of pyridine rings is 1. The molecular weight excluding hydrogens is 236 g/mol. The summed E-state index contributed by atoms with van der Waals surface area (Å²) in [6.07, 6.45) is 6.04. The summed E-state index contributed by atoms with van der Waals surface area (Å²) in [4.78, 5) is 7.03. The van der Waals surface area contributed by atoms with Crippen LogP contribution in [-0.2, 0) is 0 Å². The topological polar surface area (TPSA) is 25.4 Å². The van der Waals surface area contributed by atoms with Crippen molar-refractivity contribution in [2.24, 2.45) is 0 Å².